The average molecular weight is 251 g/mol. The SMILES string of the molecule is CC(C)(C)CSC=CC1=NC(C(C)(C)C)=CC1. The third kappa shape index (κ3) is 5.58. The maximum Gasteiger partial charge on any atom is 0.0450 e. The van der Waals surface area contributed by atoms with E-state index in [0.717, 1.165) is 12.2 Å². The Morgan fingerprint density at radius 2 is 1.88 bits per heavy atom. The lowest BCUT2D eigenvalue weighted by molar-refractivity contribution is 0.481. The monoisotopic (exact) mass is 251 g/mol. The van der Waals surface area contributed by atoms with Crippen LogP contribution in [0, 0.1) is 10.8 Å². The van der Waals surface area contributed by atoms with Gasteiger partial charge in [-0.2, -0.15) is 0 Å². The van der Waals surface area contributed by atoms with Gasteiger partial charge in [-0.25, -0.2) is 0 Å². The molecule has 17 heavy (non-hydrogen) atoms. The molecule has 1 aliphatic heterocycles. The highest BCUT2D eigenvalue weighted by atomic mass is 32.2. The van der Waals surface area contributed by atoms with Crippen molar-refractivity contribution in [1.82, 2.24) is 0 Å². The Hall–Kier alpha value is -0.500. The van der Waals surface area contributed by atoms with E-state index < -0.39 is 0 Å². The summed E-state index contributed by atoms with van der Waals surface area (Å²) in [6.07, 6.45) is 5.39. The Kier molecular flexibility index (Phi) is 4.65. The van der Waals surface area contributed by atoms with Crippen molar-refractivity contribution in [1.29, 1.82) is 0 Å². The van der Waals surface area contributed by atoms with Crippen LogP contribution < -0.4 is 0 Å². The minimum atomic E-state index is 0.175. The van der Waals surface area contributed by atoms with E-state index in [1.54, 1.807) is 0 Å². The molecule has 0 N–H and O–H groups in total. The Labute approximate surface area is 110 Å². The molecule has 1 aliphatic rings. The zero-order valence-electron chi connectivity index (χ0n) is 12.0. The van der Waals surface area contributed by atoms with E-state index in [1.165, 1.54) is 11.4 Å². The normalized spacial score (nSPS) is 17.5. The maximum absolute atomic E-state index is 4.67. The Bertz CT molecular complexity index is 348. The number of aliphatic imine (C=N–C) groups is 1. The summed E-state index contributed by atoms with van der Waals surface area (Å²) in [5, 5.41) is 2.18. The van der Waals surface area contributed by atoms with Crippen LogP contribution in [0.2, 0.25) is 0 Å². The molecule has 1 heterocycles. The molecule has 0 bridgehead atoms. The van der Waals surface area contributed by atoms with Gasteiger partial charge in [-0.1, -0.05) is 47.6 Å². The van der Waals surface area contributed by atoms with Crippen LogP contribution in [0.3, 0.4) is 0 Å². The summed E-state index contributed by atoms with van der Waals surface area (Å²) in [5.41, 5.74) is 2.98. The van der Waals surface area contributed by atoms with Crippen LogP contribution in [0.25, 0.3) is 0 Å². The molecule has 0 fully saturated rings. The van der Waals surface area contributed by atoms with Crippen LogP contribution in [0.4, 0.5) is 0 Å². The Morgan fingerprint density at radius 1 is 1.24 bits per heavy atom. The summed E-state index contributed by atoms with van der Waals surface area (Å²) in [4.78, 5) is 4.67. The standard InChI is InChI=1S/C15H25NS/c1-14(2,3)11-17-10-9-12-7-8-13(16-12)15(4,5)6/h8-10H,7,11H2,1-6H3. The first kappa shape index (κ1) is 14.6. The predicted molar refractivity (Wildman–Crippen MR) is 80.6 cm³/mol. The summed E-state index contributed by atoms with van der Waals surface area (Å²) in [7, 11) is 0. The second-order valence-electron chi connectivity index (χ2n) is 6.82. The van der Waals surface area contributed by atoms with Crippen LogP contribution >= 0.6 is 11.8 Å². The molecular weight excluding hydrogens is 226 g/mol. The van der Waals surface area contributed by atoms with Crippen LogP contribution in [0.5, 0.6) is 0 Å². The van der Waals surface area contributed by atoms with E-state index in [2.05, 4.69) is 64.1 Å². The Balaban J connectivity index is 2.44. The lowest BCUT2D eigenvalue weighted by atomic mass is 9.92. The smallest absolute Gasteiger partial charge is 0.0450 e. The summed E-state index contributed by atoms with van der Waals surface area (Å²) in [6, 6.07) is 0. The zero-order chi connectivity index (χ0) is 13.1. The van der Waals surface area contributed by atoms with E-state index in [4.69, 9.17) is 0 Å². The summed E-state index contributed by atoms with van der Waals surface area (Å²) in [5.74, 6) is 1.15. The second kappa shape index (κ2) is 5.43. The summed E-state index contributed by atoms with van der Waals surface area (Å²) < 4.78 is 0. The van der Waals surface area contributed by atoms with Crippen molar-refractivity contribution in [3.63, 3.8) is 0 Å². The van der Waals surface area contributed by atoms with Crippen LogP contribution in [0.1, 0.15) is 48.0 Å². The predicted octanol–water partition coefficient (Wildman–Crippen LogP) is 5.05. The van der Waals surface area contributed by atoms with Crippen molar-refractivity contribution in [3.8, 4) is 0 Å². The second-order valence-corrected chi connectivity index (χ2v) is 7.72. The summed E-state index contributed by atoms with van der Waals surface area (Å²) >= 11 is 1.87. The van der Waals surface area contributed by atoms with Crippen LogP contribution in [-0.4, -0.2) is 11.5 Å². The number of hydrogen-bond donors (Lipinski definition) is 0. The molecule has 2 heteroatoms. The van der Waals surface area contributed by atoms with E-state index in [1.807, 2.05) is 11.8 Å². The molecule has 0 unspecified atom stereocenters. The minimum Gasteiger partial charge on any atom is -0.257 e. The Morgan fingerprint density at radius 3 is 2.35 bits per heavy atom. The molecule has 0 spiro atoms. The number of nitrogens with zero attached hydrogens (tertiary/aromatic N) is 1. The summed E-state index contributed by atoms with van der Waals surface area (Å²) in [6.45, 7) is 13.4. The van der Waals surface area contributed by atoms with Crippen molar-refractivity contribution >= 4 is 17.5 Å². The van der Waals surface area contributed by atoms with Gasteiger partial charge in [0.05, 0.1) is 0 Å². The van der Waals surface area contributed by atoms with Gasteiger partial charge in [0.2, 0.25) is 0 Å². The van der Waals surface area contributed by atoms with E-state index in [-0.39, 0.29) is 5.41 Å². The van der Waals surface area contributed by atoms with Gasteiger partial charge in [0, 0.05) is 29.0 Å². The van der Waals surface area contributed by atoms with Crippen LogP contribution in [-0.2, 0) is 0 Å². The van der Waals surface area contributed by atoms with Gasteiger partial charge in [-0.15, -0.1) is 11.8 Å². The first-order valence-electron chi connectivity index (χ1n) is 6.25. The quantitative estimate of drug-likeness (QED) is 0.683. The lowest BCUT2D eigenvalue weighted by Gasteiger charge is -2.16. The van der Waals surface area contributed by atoms with Crippen molar-refractivity contribution in [2.75, 3.05) is 5.75 Å². The molecule has 0 saturated heterocycles. The highest BCUT2D eigenvalue weighted by Crippen LogP contribution is 2.30. The molecule has 0 aromatic carbocycles. The van der Waals surface area contributed by atoms with Crippen LogP contribution in [0.15, 0.2) is 28.2 Å². The molecule has 0 aromatic heterocycles. The first-order chi connectivity index (χ1) is 7.68. The van der Waals surface area contributed by atoms with Crippen molar-refractivity contribution < 1.29 is 0 Å². The topological polar surface area (TPSA) is 12.4 Å². The number of hydrogen-bond acceptors (Lipinski definition) is 2. The number of rotatable bonds is 3. The molecule has 1 rings (SSSR count). The highest BCUT2D eigenvalue weighted by Gasteiger charge is 2.19. The van der Waals surface area contributed by atoms with Gasteiger partial charge in [0.15, 0.2) is 0 Å². The van der Waals surface area contributed by atoms with E-state index >= 15 is 0 Å². The van der Waals surface area contributed by atoms with Gasteiger partial charge in [-0.3, -0.25) is 4.99 Å². The number of thioether (sulfide) groups is 1. The van der Waals surface area contributed by atoms with Gasteiger partial charge in [0.25, 0.3) is 0 Å². The molecule has 1 nitrogen and oxygen atoms in total. The molecule has 0 aromatic rings. The third-order valence-electron chi connectivity index (χ3n) is 2.41. The maximum atomic E-state index is 4.67. The molecule has 0 atom stereocenters. The zero-order valence-corrected chi connectivity index (χ0v) is 12.8. The van der Waals surface area contributed by atoms with Crippen molar-refractivity contribution in [2.24, 2.45) is 15.8 Å². The molecule has 0 saturated carbocycles. The first-order valence-corrected chi connectivity index (χ1v) is 7.30. The molecule has 96 valence electrons. The fourth-order valence-corrected chi connectivity index (χ4v) is 2.30. The molecular formula is C15H25NS. The van der Waals surface area contributed by atoms with Crippen molar-refractivity contribution in [2.45, 2.75) is 48.0 Å². The fourth-order valence-electron chi connectivity index (χ4n) is 1.45. The van der Waals surface area contributed by atoms with Gasteiger partial charge in [0.1, 0.15) is 0 Å². The highest BCUT2D eigenvalue weighted by molar-refractivity contribution is 8.02. The van der Waals surface area contributed by atoms with E-state index in [0.29, 0.717) is 5.41 Å². The lowest BCUT2D eigenvalue weighted by Crippen LogP contribution is -2.07. The third-order valence-corrected chi connectivity index (χ3v) is 3.77. The molecule has 0 radical (unpaired) electrons. The molecule has 0 aliphatic carbocycles. The van der Waals surface area contributed by atoms with Crippen molar-refractivity contribution in [3.05, 3.63) is 23.3 Å². The number of allylic oxidation sites excluding steroid dienone is 3. The minimum absolute atomic E-state index is 0.175. The van der Waals surface area contributed by atoms with Gasteiger partial charge >= 0.3 is 0 Å². The fraction of sp³-hybridized carbons (Fsp3) is 0.667. The molecule has 0 amide bonds. The van der Waals surface area contributed by atoms with E-state index in [9.17, 15) is 0 Å². The largest absolute Gasteiger partial charge is 0.257 e. The average Bonchev–Trinajstić information content (AvgIpc) is 2.58. The van der Waals surface area contributed by atoms with Gasteiger partial charge in [-0.05, 0) is 16.9 Å². The van der Waals surface area contributed by atoms with Gasteiger partial charge < -0.3 is 0 Å².